The molecule has 1 aliphatic rings. The minimum atomic E-state index is -0.735. The number of nitrogens with one attached hydrogen (secondary N) is 1. The molecular weight excluding hydrogens is 270 g/mol. The normalized spacial score (nSPS) is 23.5. The molecule has 2 N–H and O–H groups in total. The van der Waals surface area contributed by atoms with Crippen LogP contribution in [-0.4, -0.2) is 23.0 Å². The minimum absolute atomic E-state index is 0.0355. The van der Waals surface area contributed by atoms with Crippen LogP contribution < -0.4 is 5.32 Å². The Morgan fingerprint density at radius 3 is 2.57 bits per heavy atom. The van der Waals surface area contributed by atoms with Crippen molar-refractivity contribution >= 4 is 11.9 Å². The third-order valence-corrected chi connectivity index (χ3v) is 4.24. The molecule has 1 fully saturated rings. The van der Waals surface area contributed by atoms with Crippen LogP contribution in [0.4, 0.5) is 0 Å². The predicted octanol–water partition coefficient (Wildman–Crippen LogP) is 2.61. The van der Waals surface area contributed by atoms with E-state index in [0.29, 0.717) is 25.7 Å². The number of aliphatic carboxylic acids is 1. The van der Waals surface area contributed by atoms with E-state index in [1.165, 1.54) is 0 Å². The van der Waals surface area contributed by atoms with E-state index >= 15 is 0 Å². The summed E-state index contributed by atoms with van der Waals surface area (Å²) >= 11 is 0. The summed E-state index contributed by atoms with van der Waals surface area (Å²) < 4.78 is 5.27. The zero-order valence-corrected chi connectivity index (χ0v) is 12.4. The fourth-order valence-corrected chi connectivity index (χ4v) is 2.85. The molecule has 1 aliphatic carbocycles. The molecule has 0 aliphatic heterocycles. The summed E-state index contributed by atoms with van der Waals surface area (Å²) in [6.07, 6.45) is 5.85. The first-order chi connectivity index (χ1) is 10.1. The van der Waals surface area contributed by atoms with Gasteiger partial charge < -0.3 is 14.8 Å². The maximum Gasteiger partial charge on any atom is 0.306 e. The van der Waals surface area contributed by atoms with E-state index in [1.807, 2.05) is 19.1 Å². The second-order valence-electron chi connectivity index (χ2n) is 5.91. The van der Waals surface area contributed by atoms with Crippen LogP contribution in [0.2, 0.25) is 0 Å². The van der Waals surface area contributed by atoms with Gasteiger partial charge >= 0.3 is 5.97 Å². The Morgan fingerprint density at radius 2 is 2.00 bits per heavy atom. The van der Waals surface area contributed by atoms with Crippen molar-refractivity contribution in [2.75, 3.05) is 0 Å². The lowest BCUT2D eigenvalue weighted by Gasteiger charge is -2.26. The van der Waals surface area contributed by atoms with Crippen molar-refractivity contribution in [2.24, 2.45) is 11.8 Å². The third-order valence-electron chi connectivity index (χ3n) is 4.24. The first-order valence-corrected chi connectivity index (χ1v) is 7.62. The van der Waals surface area contributed by atoms with Gasteiger partial charge in [-0.15, -0.1) is 0 Å². The number of hydrogen-bond acceptors (Lipinski definition) is 3. The number of carbonyl (C=O) groups is 2. The number of amides is 1. The van der Waals surface area contributed by atoms with Crippen LogP contribution in [0.25, 0.3) is 0 Å². The molecule has 21 heavy (non-hydrogen) atoms. The Balaban J connectivity index is 1.70. The smallest absolute Gasteiger partial charge is 0.306 e. The predicted molar refractivity (Wildman–Crippen MR) is 77.7 cm³/mol. The highest BCUT2D eigenvalue weighted by atomic mass is 16.4. The highest BCUT2D eigenvalue weighted by molar-refractivity contribution is 5.79. The van der Waals surface area contributed by atoms with Crippen molar-refractivity contribution in [3.05, 3.63) is 24.2 Å². The van der Waals surface area contributed by atoms with E-state index in [-0.39, 0.29) is 23.8 Å². The van der Waals surface area contributed by atoms with Gasteiger partial charge in [0.1, 0.15) is 5.76 Å². The lowest BCUT2D eigenvalue weighted by atomic mass is 9.81. The van der Waals surface area contributed by atoms with E-state index in [9.17, 15) is 9.59 Å². The first kappa shape index (κ1) is 15.6. The molecule has 1 aromatic heterocycles. The maximum absolute atomic E-state index is 12.2. The number of carboxylic acid groups (broad SMARTS) is 1. The number of carbonyl (C=O) groups excluding carboxylic acids is 1. The van der Waals surface area contributed by atoms with Gasteiger partial charge in [-0.1, -0.05) is 0 Å². The van der Waals surface area contributed by atoms with Crippen molar-refractivity contribution in [3.63, 3.8) is 0 Å². The van der Waals surface area contributed by atoms with Crippen LogP contribution in [0, 0.1) is 11.8 Å². The number of carboxylic acids is 1. The summed E-state index contributed by atoms with van der Waals surface area (Å²) in [5.41, 5.74) is 0. The molecule has 2 rings (SSSR count). The third kappa shape index (κ3) is 4.62. The van der Waals surface area contributed by atoms with Gasteiger partial charge in [-0.05, 0) is 51.2 Å². The monoisotopic (exact) mass is 293 g/mol. The summed E-state index contributed by atoms with van der Waals surface area (Å²) in [6.45, 7) is 1.99. The molecule has 1 amide bonds. The molecule has 5 heteroatoms. The van der Waals surface area contributed by atoms with Gasteiger partial charge in [-0.2, -0.15) is 0 Å². The Hall–Kier alpha value is -1.78. The Morgan fingerprint density at radius 1 is 1.33 bits per heavy atom. The summed E-state index contributed by atoms with van der Waals surface area (Å²) in [7, 11) is 0. The van der Waals surface area contributed by atoms with Gasteiger partial charge in [-0.3, -0.25) is 9.59 Å². The molecular formula is C16H23NO4. The second-order valence-corrected chi connectivity index (χ2v) is 5.91. The highest BCUT2D eigenvalue weighted by Crippen LogP contribution is 2.29. The quantitative estimate of drug-likeness (QED) is 0.845. The fourth-order valence-electron chi connectivity index (χ4n) is 2.85. The van der Waals surface area contributed by atoms with Crippen molar-refractivity contribution in [2.45, 2.75) is 51.5 Å². The zero-order valence-electron chi connectivity index (χ0n) is 12.4. The molecule has 1 saturated carbocycles. The standard InChI is InChI=1S/C16H23NO4/c1-11(4-9-14-3-2-10-21-14)17-15(18)12-5-7-13(8-6-12)16(19)20/h2-3,10-13H,4-9H2,1H3,(H,17,18)(H,19,20). The summed E-state index contributed by atoms with van der Waals surface area (Å²) in [4.78, 5) is 23.1. The van der Waals surface area contributed by atoms with Gasteiger partial charge in [0.15, 0.2) is 0 Å². The molecule has 0 saturated heterocycles. The van der Waals surface area contributed by atoms with Crippen molar-refractivity contribution in [3.8, 4) is 0 Å². The van der Waals surface area contributed by atoms with Crippen molar-refractivity contribution in [1.82, 2.24) is 5.32 Å². The Labute approximate surface area is 124 Å². The minimum Gasteiger partial charge on any atom is -0.481 e. The number of aryl methyl sites for hydroxylation is 1. The summed E-state index contributed by atoms with van der Waals surface area (Å²) in [5, 5.41) is 12.0. The molecule has 0 bridgehead atoms. The molecule has 0 aromatic carbocycles. The molecule has 116 valence electrons. The molecule has 1 aromatic rings. The van der Waals surface area contributed by atoms with Crippen LogP contribution in [0.5, 0.6) is 0 Å². The van der Waals surface area contributed by atoms with Crippen molar-refractivity contribution in [1.29, 1.82) is 0 Å². The molecule has 5 nitrogen and oxygen atoms in total. The van der Waals surface area contributed by atoms with Crippen LogP contribution in [0.3, 0.4) is 0 Å². The molecule has 0 spiro atoms. The van der Waals surface area contributed by atoms with Gasteiger partial charge in [-0.25, -0.2) is 0 Å². The first-order valence-electron chi connectivity index (χ1n) is 7.62. The van der Waals surface area contributed by atoms with Gasteiger partial charge in [0, 0.05) is 18.4 Å². The largest absolute Gasteiger partial charge is 0.481 e. The van der Waals surface area contributed by atoms with E-state index in [0.717, 1.165) is 18.6 Å². The SMILES string of the molecule is CC(CCc1ccco1)NC(=O)C1CCC(C(=O)O)CC1. The van der Waals surface area contributed by atoms with Gasteiger partial charge in [0.05, 0.1) is 12.2 Å². The zero-order chi connectivity index (χ0) is 15.2. The Bertz CT molecular complexity index is 461. The van der Waals surface area contributed by atoms with Crippen LogP contribution >= 0.6 is 0 Å². The van der Waals surface area contributed by atoms with Gasteiger partial charge in [0.25, 0.3) is 0 Å². The average Bonchev–Trinajstić information content (AvgIpc) is 2.98. The average molecular weight is 293 g/mol. The van der Waals surface area contributed by atoms with E-state index < -0.39 is 5.97 Å². The van der Waals surface area contributed by atoms with Crippen LogP contribution in [-0.2, 0) is 16.0 Å². The van der Waals surface area contributed by atoms with Gasteiger partial charge in [0.2, 0.25) is 5.91 Å². The number of rotatable bonds is 6. The number of furan rings is 1. The van der Waals surface area contributed by atoms with Crippen molar-refractivity contribution < 1.29 is 19.1 Å². The van der Waals surface area contributed by atoms with E-state index in [1.54, 1.807) is 6.26 Å². The summed E-state index contributed by atoms with van der Waals surface area (Å²) in [6, 6.07) is 3.89. The molecule has 1 heterocycles. The van der Waals surface area contributed by atoms with Crippen LogP contribution in [0.15, 0.2) is 22.8 Å². The molecule has 1 atom stereocenters. The number of hydrogen-bond donors (Lipinski definition) is 2. The second kappa shape index (κ2) is 7.29. The lowest BCUT2D eigenvalue weighted by Crippen LogP contribution is -2.39. The Kier molecular flexibility index (Phi) is 5.42. The highest BCUT2D eigenvalue weighted by Gasteiger charge is 2.30. The fraction of sp³-hybridized carbons (Fsp3) is 0.625. The van der Waals surface area contributed by atoms with E-state index in [4.69, 9.17) is 9.52 Å². The molecule has 0 radical (unpaired) electrons. The summed E-state index contributed by atoms with van der Waals surface area (Å²) in [5.74, 6) is -0.0541. The molecule has 1 unspecified atom stereocenters. The van der Waals surface area contributed by atoms with E-state index in [2.05, 4.69) is 5.32 Å². The lowest BCUT2D eigenvalue weighted by molar-refractivity contribution is -0.144. The maximum atomic E-state index is 12.2. The van der Waals surface area contributed by atoms with Crippen LogP contribution in [0.1, 0.15) is 44.8 Å². The topological polar surface area (TPSA) is 79.5 Å².